The van der Waals surface area contributed by atoms with E-state index in [-0.39, 0.29) is 11.5 Å². The SMILES string of the molecule is Cc1cc(N[C@H](c2ccc(C(C)C)cc2)c2c(O)ccc3c([C@H](Nc4cc(C)on4)c4ccc(C(C)C)cc4)c(O)ccc23)no1. The maximum absolute atomic E-state index is 11.5. The molecule has 8 nitrogen and oxygen atoms in total. The second kappa shape index (κ2) is 12.6. The summed E-state index contributed by atoms with van der Waals surface area (Å²) in [7, 11) is 0. The Morgan fingerprint density at radius 2 is 0.870 bits per heavy atom. The first-order chi connectivity index (χ1) is 22.1. The number of rotatable bonds is 10. The molecular weight excluding hydrogens is 576 g/mol. The number of nitrogens with one attached hydrogen (secondary N) is 2. The van der Waals surface area contributed by atoms with E-state index in [1.807, 2.05) is 38.1 Å². The molecule has 0 aliphatic carbocycles. The largest absolute Gasteiger partial charge is 0.508 e. The van der Waals surface area contributed by atoms with Gasteiger partial charge in [-0.3, -0.25) is 0 Å². The number of hydrogen-bond acceptors (Lipinski definition) is 8. The fourth-order valence-corrected chi connectivity index (χ4v) is 5.99. The third-order valence-corrected chi connectivity index (χ3v) is 8.53. The topological polar surface area (TPSA) is 117 Å². The summed E-state index contributed by atoms with van der Waals surface area (Å²) in [5, 5.41) is 40.0. The summed E-state index contributed by atoms with van der Waals surface area (Å²) in [4.78, 5) is 0. The van der Waals surface area contributed by atoms with E-state index in [0.29, 0.717) is 46.1 Å². The monoisotopic (exact) mass is 616 g/mol. The van der Waals surface area contributed by atoms with Gasteiger partial charge < -0.3 is 29.9 Å². The van der Waals surface area contributed by atoms with Crippen molar-refractivity contribution in [2.75, 3.05) is 10.6 Å². The van der Waals surface area contributed by atoms with Crippen molar-refractivity contribution in [2.24, 2.45) is 0 Å². The maximum Gasteiger partial charge on any atom is 0.170 e. The molecule has 236 valence electrons. The van der Waals surface area contributed by atoms with E-state index in [4.69, 9.17) is 9.05 Å². The summed E-state index contributed by atoms with van der Waals surface area (Å²) >= 11 is 0. The van der Waals surface area contributed by atoms with Crippen LogP contribution in [0.15, 0.2) is 94.0 Å². The predicted molar refractivity (Wildman–Crippen MR) is 182 cm³/mol. The number of fused-ring (bicyclic) bond motifs is 1. The third kappa shape index (κ3) is 6.15. The van der Waals surface area contributed by atoms with Crippen molar-refractivity contribution in [1.29, 1.82) is 0 Å². The molecule has 46 heavy (non-hydrogen) atoms. The van der Waals surface area contributed by atoms with Crippen molar-refractivity contribution < 1.29 is 19.3 Å². The zero-order valence-corrected chi connectivity index (χ0v) is 27.0. The molecule has 0 aliphatic rings. The van der Waals surface area contributed by atoms with E-state index in [1.165, 1.54) is 11.1 Å². The summed E-state index contributed by atoms with van der Waals surface area (Å²) in [6, 6.07) is 26.5. The standard InChI is InChI=1S/C38H40N4O4/c1-21(2)25-7-11-27(12-8-25)37(39-33-19-23(5)45-41-33)35-29-15-18-32(44)36(30(29)16-17-31(35)43)38(40-34-20-24(6)46-42-34)28-13-9-26(10-14-28)22(3)4/h7-22,37-38,43-44H,1-6H3,(H,39,41)(H,40,42)/t37-,38-/m1/s1. The Morgan fingerprint density at radius 1 is 0.522 bits per heavy atom. The lowest BCUT2D eigenvalue weighted by atomic mass is 9.86. The van der Waals surface area contributed by atoms with Gasteiger partial charge in [0.1, 0.15) is 23.0 Å². The van der Waals surface area contributed by atoms with Gasteiger partial charge in [0.15, 0.2) is 11.6 Å². The van der Waals surface area contributed by atoms with Crippen LogP contribution < -0.4 is 10.6 Å². The van der Waals surface area contributed by atoms with E-state index in [2.05, 4.69) is 97.2 Å². The molecule has 0 amide bonds. The minimum Gasteiger partial charge on any atom is -0.508 e. The molecule has 0 aliphatic heterocycles. The first kappa shape index (κ1) is 30.8. The Hall–Kier alpha value is -5.24. The zero-order chi connectivity index (χ0) is 32.5. The molecule has 0 saturated carbocycles. The van der Waals surface area contributed by atoms with E-state index >= 15 is 0 Å². The van der Waals surface area contributed by atoms with Crippen molar-refractivity contribution in [3.63, 3.8) is 0 Å². The summed E-state index contributed by atoms with van der Waals surface area (Å²) in [5.41, 5.74) is 5.63. The molecule has 6 aromatic rings. The average molecular weight is 617 g/mol. The Bertz CT molecular complexity index is 1810. The highest BCUT2D eigenvalue weighted by Crippen LogP contribution is 2.44. The zero-order valence-electron chi connectivity index (χ0n) is 27.0. The van der Waals surface area contributed by atoms with Gasteiger partial charge in [0.25, 0.3) is 0 Å². The Balaban J connectivity index is 1.55. The highest BCUT2D eigenvalue weighted by Gasteiger charge is 2.27. The van der Waals surface area contributed by atoms with Gasteiger partial charge in [-0.25, -0.2) is 0 Å². The minimum absolute atomic E-state index is 0.118. The van der Waals surface area contributed by atoms with Crippen molar-refractivity contribution >= 4 is 22.4 Å². The molecule has 8 heteroatoms. The van der Waals surface area contributed by atoms with Gasteiger partial charge in [-0.1, -0.05) is 98.7 Å². The second-order valence-corrected chi connectivity index (χ2v) is 12.5. The van der Waals surface area contributed by atoms with Gasteiger partial charge in [-0.15, -0.1) is 0 Å². The normalized spacial score (nSPS) is 13.0. The predicted octanol–water partition coefficient (Wildman–Crippen LogP) is 9.49. The fraction of sp³-hybridized carbons (Fsp3) is 0.263. The number of aromatic hydroxyl groups is 2. The van der Waals surface area contributed by atoms with E-state index < -0.39 is 12.1 Å². The number of anilines is 2. The number of aromatic nitrogens is 2. The molecule has 6 rings (SSSR count). The fourth-order valence-electron chi connectivity index (χ4n) is 5.99. The first-order valence-electron chi connectivity index (χ1n) is 15.7. The summed E-state index contributed by atoms with van der Waals surface area (Å²) in [6.07, 6.45) is 0. The highest BCUT2D eigenvalue weighted by molar-refractivity contribution is 5.94. The average Bonchev–Trinajstić information content (AvgIpc) is 3.66. The number of hydrogen-bond donors (Lipinski definition) is 4. The van der Waals surface area contributed by atoms with Gasteiger partial charge >= 0.3 is 0 Å². The molecule has 0 saturated heterocycles. The van der Waals surface area contributed by atoms with Crippen LogP contribution in [0.3, 0.4) is 0 Å². The summed E-state index contributed by atoms with van der Waals surface area (Å²) in [5.74, 6) is 3.44. The van der Waals surface area contributed by atoms with E-state index in [9.17, 15) is 10.2 Å². The molecule has 0 spiro atoms. The number of nitrogens with zero attached hydrogens (tertiary/aromatic N) is 2. The van der Waals surface area contributed by atoms with Crippen molar-refractivity contribution in [3.05, 3.63) is 130 Å². The molecule has 4 aromatic carbocycles. The van der Waals surface area contributed by atoms with Crippen LogP contribution in [-0.4, -0.2) is 20.5 Å². The lowest BCUT2D eigenvalue weighted by Crippen LogP contribution is -2.16. The third-order valence-electron chi connectivity index (χ3n) is 8.53. The van der Waals surface area contributed by atoms with Crippen LogP contribution in [0.1, 0.15) is 96.5 Å². The summed E-state index contributed by atoms with van der Waals surface area (Å²) < 4.78 is 10.7. The Morgan fingerprint density at radius 3 is 1.17 bits per heavy atom. The lowest BCUT2D eigenvalue weighted by molar-refractivity contribution is 0.399. The van der Waals surface area contributed by atoms with Crippen LogP contribution in [0, 0.1) is 13.8 Å². The van der Waals surface area contributed by atoms with Gasteiger partial charge in [0.05, 0.1) is 12.1 Å². The van der Waals surface area contributed by atoms with Crippen LogP contribution in [0.5, 0.6) is 11.5 Å². The Kier molecular flexibility index (Phi) is 8.45. The number of phenolic OH excluding ortho intramolecular Hbond substituents is 2. The molecule has 0 radical (unpaired) electrons. The maximum atomic E-state index is 11.5. The molecule has 0 bridgehead atoms. The molecule has 0 unspecified atom stereocenters. The van der Waals surface area contributed by atoms with Gasteiger partial charge in [-0.05, 0) is 70.8 Å². The van der Waals surface area contributed by atoms with Crippen LogP contribution in [0.25, 0.3) is 10.8 Å². The molecule has 2 aromatic heterocycles. The molecule has 2 heterocycles. The minimum atomic E-state index is -0.485. The number of phenols is 2. The smallest absolute Gasteiger partial charge is 0.170 e. The van der Waals surface area contributed by atoms with Crippen molar-refractivity contribution in [1.82, 2.24) is 10.3 Å². The van der Waals surface area contributed by atoms with Gasteiger partial charge in [0, 0.05) is 23.3 Å². The molecule has 4 N–H and O–H groups in total. The highest BCUT2D eigenvalue weighted by atomic mass is 16.5. The van der Waals surface area contributed by atoms with Crippen LogP contribution in [-0.2, 0) is 0 Å². The Labute approximate surface area is 269 Å². The number of benzene rings is 4. The molecule has 2 atom stereocenters. The number of aryl methyl sites for hydroxylation is 2. The first-order valence-corrected chi connectivity index (χ1v) is 15.7. The van der Waals surface area contributed by atoms with Crippen molar-refractivity contribution in [3.8, 4) is 11.5 Å². The van der Waals surface area contributed by atoms with Gasteiger partial charge in [0.2, 0.25) is 0 Å². The van der Waals surface area contributed by atoms with Crippen LogP contribution in [0.4, 0.5) is 11.6 Å². The quantitative estimate of drug-likeness (QED) is 0.120. The van der Waals surface area contributed by atoms with E-state index in [1.54, 1.807) is 12.1 Å². The lowest BCUT2D eigenvalue weighted by Gasteiger charge is -2.26. The van der Waals surface area contributed by atoms with Crippen molar-refractivity contribution in [2.45, 2.75) is 65.5 Å². The van der Waals surface area contributed by atoms with Crippen LogP contribution >= 0.6 is 0 Å². The summed E-state index contributed by atoms with van der Waals surface area (Å²) in [6.45, 7) is 12.3. The van der Waals surface area contributed by atoms with Gasteiger partial charge in [-0.2, -0.15) is 0 Å². The van der Waals surface area contributed by atoms with Crippen LogP contribution in [0.2, 0.25) is 0 Å². The molecular formula is C38H40N4O4. The van der Waals surface area contributed by atoms with E-state index in [0.717, 1.165) is 21.9 Å². The second-order valence-electron chi connectivity index (χ2n) is 12.5. The molecule has 0 fully saturated rings.